The molecule has 0 aliphatic heterocycles. The molecular formula is C7H3IO2. The van der Waals surface area contributed by atoms with Crippen LogP contribution in [0.1, 0.15) is 0 Å². The average Bonchev–Trinajstić information content (AvgIpc) is 1.88. The molecule has 1 aromatic rings. The zero-order valence-electron chi connectivity index (χ0n) is 4.93. The summed E-state index contributed by atoms with van der Waals surface area (Å²) in [6.45, 7) is 1.33. The third kappa shape index (κ3) is 1.98. The Morgan fingerprint density at radius 1 is 1.60 bits per heavy atom. The number of halogens is 1. The lowest BCUT2D eigenvalue weighted by Gasteiger charge is -1.93. The van der Waals surface area contributed by atoms with Crippen LogP contribution in [0, 0.1) is 9.64 Å². The summed E-state index contributed by atoms with van der Waals surface area (Å²) in [7, 11) is 0. The highest BCUT2D eigenvalue weighted by molar-refractivity contribution is 14.1. The highest BCUT2D eigenvalue weighted by Crippen LogP contribution is 2.12. The zero-order chi connectivity index (χ0) is 7.40. The molecule has 0 amide bonds. The van der Waals surface area contributed by atoms with Crippen LogP contribution in [0.25, 0.3) is 0 Å². The Balaban J connectivity index is 2.84. The van der Waals surface area contributed by atoms with E-state index in [9.17, 15) is 4.79 Å². The minimum atomic E-state index is 0.405. The van der Waals surface area contributed by atoms with Crippen molar-refractivity contribution in [3.8, 4) is 5.75 Å². The number of hydrogen-bond donors (Lipinski definition) is 0. The van der Waals surface area contributed by atoms with Gasteiger partial charge in [0.25, 0.3) is 0 Å². The van der Waals surface area contributed by atoms with Gasteiger partial charge in [0.15, 0.2) is 0 Å². The summed E-state index contributed by atoms with van der Waals surface area (Å²) in [6, 6.07) is 8.10. The van der Waals surface area contributed by atoms with Crippen LogP contribution < -0.4 is 4.74 Å². The summed E-state index contributed by atoms with van der Waals surface area (Å²) in [5.74, 6) is 0.405. The van der Waals surface area contributed by atoms with E-state index >= 15 is 0 Å². The highest BCUT2D eigenvalue weighted by atomic mass is 127. The van der Waals surface area contributed by atoms with Crippen LogP contribution >= 0.6 is 22.6 Å². The largest absolute Gasteiger partial charge is 0.423 e. The molecule has 0 aromatic heterocycles. The van der Waals surface area contributed by atoms with Crippen LogP contribution in [0.5, 0.6) is 5.75 Å². The van der Waals surface area contributed by atoms with Crippen LogP contribution in [-0.2, 0) is 4.79 Å². The maximum Gasteiger partial charge on any atom is 0.423 e. The van der Waals surface area contributed by atoms with E-state index in [2.05, 4.69) is 33.4 Å². The lowest BCUT2D eigenvalue weighted by Crippen LogP contribution is -1.87. The standard InChI is InChI=1S/C7H3IO2/c8-6-2-1-3-7(4-6)10-5-9/h1-3H. The Labute approximate surface area is 72.3 Å². The molecule has 2 radical (unpaired) electrons. The Kier molecular flexibility index (Phi) is 2.68. The predicted molar refractivity (Wildman–Crippen MR) is 44.3 cm³/mol. The first-order valence-corrected chi connectivity index (χ1v) is 3.62. The molecule has 10 heavy (non-hydrogen) atoms. The van der Waals surface area contributed by atoms with E-state index in [0.717, 1.165) is 3.57 Å². The monoisotopic (exact) mass is 246 g/mol. The van der Waals surface area contributed by atoms with Crippen molar-refractivity contribution in [2.75, 3.05) is 0 Å². The molecule has 3 heteroatoms. The topological polar surface area (TPSA) is 26.3 Å². The van der Waals surface area contributed by atoms with Crippen molar-refractivity contribution in [2.45, 2.75) is 0 Å². The van der Waals surface area contributed by atoms with Gasteiger partial charge in [-0.15, -0.1) is 0 Å². The second-order valence-corrected chi connectivity index (χ2v) is 2.71. The van der Waals surface area contributed by atoms with E-state index in [4.69, 9.17) is 0 Å². The number of rotatable bonds is 2. The fourth-order valence-electron chi connectivity index (χ4n) is 0.525. The van der Waals surface area contributed by atoms with Crippen molar-refractivity contribution in [3.05, 3.63) is 27.8 Å². The molecule has 0 fully saturated rings. The first-order valence-electron chi connectivity index (χ1n) is 2.55. The molecule has 0 aliphatic rings. The van der Waals surface area contributed by atoms with E-state index in [1.807, 2.05) is 6.07 Å². The number of ether oxygens (including phenoxy) is 1. The quantitative estimate of drug-likeness (QED) is 0.740. The molecule has 0 atom stereocenters. The third-order valence-electron chi connectivity index (χ3n) is 0.884. The van der Waals surface area contributed by atoms with Crippen LogP contribution in [0.15, 0.2) is 18.2 Å². The fraction of sp³-hybridized carbons (Fsp3) is 0. The normalized spacial score (nSPS) is 8.90. The van der Waals surface area contributed by atoms with Crippen molar-refractivity contribution in [3.63, 3.8) is 0 Å². The van der Waals surface area contributed by atoms with Crippen molar-refractivity contribution in [1.82, 2.24) is 0 Å². The molecule has 0 spiro atoms. The SMILES string of the molecule is O=[C]Oc1[c]c(I)ccc1. The molecule has 1 rings (SSSR count). The van der Waals surface area contributed by atoms with E-state index in [1.54, 1.807) is 12.1 Å². The molecule has 0 saturated heterocycles. The molecule has 0 saturated carbocycles. The Morgan fingerprint density at radius 2 is 2.40 bits per heavy atom. The van der Waals surface area contributed by atoms with Gasteiger partial charge in [-0.3, -0.25) is 0 Å². The zero-order valence-corrected chi connectivity index (χ0v) is 7.08. The summed E-state index contributed by atoms with van der Waals surface area (Å²) in [5.41, 5.74) is 0. The molecule has 1 aromatic carbocycles. The van der Waals surface area contributed by atoms with Gasteiger partial charge >= 0.3 is 6.47 Å². The summed E-state index contributed by atoms with van der Waals surface area (Å²) in [6.07, 6.45) is 0. The minimum Gasteiger partial charge on any atom is -0.417 e. The smallest absolute Gasteiger partial charge is 0.417 e. The lowest BCUT2D eigenvalue weighted by molar-refractivity contribution is 0.442. The van der Waals surface area contributed by atoms with Crippen LogP contribution in [0.2, 0.25) is 0 Å². The van der Waals surface area contributed by atoms with Gasteiger partial charge in [0, 0.05) is 9.64 Å². The summed E-state index contributed by atoms with van der Waals surface area (Å²) in [5, 5.41) is 0. The van der Waals surface area contributed by atoms with Crippen molar-refractivity contribution < 1.29 is 9.53 Å². The van der Waals surface area contributed by atoms with Gasteiger partial charge in [0.2, 0.25) is 0 Å². The molecule has 50 valence electrons. The van der Waals surface area contributed by atoms with Gasteiger partial charge in [0.05, 0.1) is 0 Å². The van der Waals surface area contributed by atoms with Gasteiger partial charge in [-0.25, -0.2) is 4.79 Å². The van der Waals surface area contributed by atoms with Crippen molar-refractivity contribution in [2.24, 2.45) is 0 Å². The number of benzene rings is 1. The third-order valence-corrected chi connectivity index (χ3v) is 1.51. The fourth-order valence-corrected chi connectivity index (χ4v) is 0.999. The van der Waals surface area contributed by atoms with Gasteiger partial charge in [0.1, 0.15) is 5.75 Å². The lowest BCUT2D eigenvalue weighted by atomic mass is 10.3. The van der Waals surface area contributed by atoms with Crippen molar-refractivity contribution in [1.29, 1.82) is 0 Å². The van der Waals surface area contributed by atoms with E-state index in [-0.39, 0.29) is 0 Å². The molecule has 0 heterocycles. The van der Waals surface area contributed by atoms with E-state index in [1.165, 1.54) is 6.47 Å². The first kappa shape index (κ1) is 7.53. The predicted octanol–water partition coefficient (Wildman–Crippen LogP) is 1.54. The first-order chi connectivity index (χ1) is 4.83. The summed E-state index contributed by atoms with van der Waals surface area (Å²) in [4.78, 5) is 9.72. The molecule has 0 bridgehead atoms. The van der Waals surface area contributed by atoms with Crippen LogP contribution in [0.4, 0.5) is 0 Å². The van der Waals surface area contributed by atoms with E-state index < -0.39 is 0 Å². The van der Waals surface area contributed by atoms with Crippen molar-refractivity contribution >= 4 is 29.1 Å². The Hall–Kier alpha value is -0.580. The average molecular weight is 246 g/mol. The summed E-state index contributed by atoms with van der Waals surface area (Å²) >= 11 is 2.08. The van der Waals surface area contributed by atoms with Gasteiger partial charge in [-0.1, -0.05) is 6.07 Å². The number of hydrogen-bond acceptors (Lipinski definition) is 2. The maximum absolute atomic E-state index is 9.72. The molecule has 0 N–H and O–H groups in total. The number of carbonyl (C=O) groups excluding carboxylic acids is 1. The molecule has 2 nitrogen and oxygen atoms in total. The second kappa shape index (κ2) is 3.55. The second-order valence-electron chi connectivity index (χ2n) is 1.55. The van der Waals surface area contributed by atoms with Crippen LogP contribution in [-0.4, -0.2) is 6.47 Å². The summed E-state index contributed by atoms with van der Waals surface area (Å²) < 4.78 is 5.33. The maximum atomic E-state index is 9.72. The van der Waals surface area contributed by atoms with E-state index in [0.29, 0.717) is 5.75 Å². The Bertz CT molecular complexity index is 235. The molecule has 0 aliphatic carbocycles. The van der Waals surface area contributed by atoms with Crippen LogP contribution in [0.3, 0.4) is 0 Å². The highest BCUT2D eigenvalue weighted by Gasteiger charge is 1.92. The van der Waals surface area contributed by atoms with Gasteiger partial charge < -0.3 is 4.74 Å². The molecule has 0 unspecified atom stereocenters. The Morgan fingerprint density at radius 3 is 3.00 bits per heavy atom. The van der Waals surface area contributed by atoms with Gasteiger partial charge in [-0.05, 0) is 34.7 Å². The minimum absolute atomic E-state index is 0.405. The molecular weight excluding hydrogens is 243 g/mol. The van der Waals surface area contributed by atoms with Gasteiger partial charge in [-0.2, -0.15) is 0 Å².